The molecule has 0 aliphatic heterocycles. The van der Waals surface area contributed by atoms with Crippen LogP contribution in [0.5, 0.6) is 0 Å². The maximum Gasteiger partial charge on any atom is 0.136 e. The molecule has 2 aromatic rings. The number of imidazole rings is 1. The lowest BCUT2D eigenvalue weighted by atomic mass is 10.1. The van der Waals surface area contributed by atoms with Gasteiger partial charge < -0.3 is 9.88 Å². The standard InChI is InChI=1S/C13H15BrClN3/c1-8-4-5-9(14)6-10(8)12-13(15)18(3)11(17-12)7-16-2/h4-6,16H,7H2,1-3H3. The van der Waals surface area contributed by atoms with Crippen molar-refractivity contribution in [1.82, 2.24) is 14.9 Å². The van der Waals surface area contributed by atoms with Crippen molar-refractivity contribution in [2.24, 2.45) is 7.05 Å². The van der Waals surface area contributed by atoms with Crippen molar-refractivity contribution in [1.29, 1.82) is 0 Å². The number of rotatable bonds is 3. The molecule has 2 rings (SSSR count). The van der Waals surface area contributed by atoms with Gasteiger partial charge in [0.05, 0.1) is 6.54 Å². The molecule has 0 atom stereocenters. The Morgan fingerprint density at radius 2 is 2.17 bits per heavy atom. The molecule has 0 amide bonds. The number of halogens is 2. The van der Waals surface area contributed by atoms with Crippen molar-refractivity contribution in [2.75, 3.05) is 7.05 Å². The molecule has 0 saturated carbocycles. The van der Waals surface area contributed by atoms with Gasteiger partial charge >= 0.3 is 0 Å². The number of nitrogens with zero attached hydrogens (tertiary/aromatic N) is 2. The molecular formula is C13H15BrClN3. The van der Waals surface area contributed by atoms with Crippen LogP contribution in [0.2, 0.25) is 5.15 Å². The number of hydrogen-bond donors (Lipinski definition) is 1. The Bertz CT molecular complexity index is 578. The van der Waals surface area contributed by atoms with Gasteiger partial charge in [0.1, 0.15) is 16.7 Å². The van der Waals surface area contributed by atoms with Gasteiger partial charge in [-0.3, -0.25) is 0 Å². The maximum atomic E-state index is 6.37. The molecule has 96 valence electrons. The number of hydrogen-bond acceptors (Lipinski definition) is 2. The SMILES string of the molecule is CNCc1nc(-c2cc(Br)ccc2C)c(Cl)n1C. The van der Waals surface area contributed by atoms with Crippen molar-refractivity contribution < 1.29 is 0 Å². The summed E-state index contributed by atoms with van der Waals surface area (Å²) in [5, 5.41) is 3.76. The van der Waals surface area contributed by atoms with E-state index in [9.17, 15) is 0 Å². The fourth-order valence-electron chi connectivity index (χ4n) is 1.86. The van der Waals surface area contributed by atoms with E-state index in [-0.39, 0.29) is 0 Å². The van der Waals surface area contributed by atoms with Crippen LogP contribution < -0.4 is 5.32 Å². The van der Waals surface area contributed by atoms with E-state index >= 15 is 0 Å². The summed E-state index contributed by atoms with van der Waals surface area (Å²) in [6, 6.07) is 6.12. The first-order chi connectivity index (χ1) is 8.54. The zero-order valence-electron chi connectivity index (χ0n) is 10.6. The Hall–Kier alpha value is -0.840. The molecule has 0 unspecified atom stereocenters. The lowest BCUT2D eigenvalue weighted by Gasteiger charge is -2.04. The minimum Gasteiger partial charge on any atom is -0.321 e. The van der Waals surface area contributed by atoms with Gasteiger partial charge in [0.25, 0.3) is 0 Å². The topological polar surface area (TPSA) is 29.9 Å². The van der Waals surface area contributed by atoms with E-state index in [0.717, 1.165) is 27.1 Å². The molecule has 5 heteroatoms. The van der Waals surface area contributed by atoms with E-state index in [1.165, 1.54) is 0 Å². The van der Waals surface area contributed by atoms with E-state index < -0.39 is 0 Å². The highest BCUT2D eigenvalue weighted by Gasteiger charge is 2.15. The number of aromatic nitrogens is 2. The lowest BCUT2D eigenvalue weighted by Crippen LogP contribution is -2.10. The second-order valence-electron chi connectivity index (χ2n) is 4.22. The first kappa shape index (κ1) is 13.6. The van der Waals surface area contributed by atoms with Crippen LogP contribution in [0.1, 0.15) is 11.4 Å². The molecule has 18 heavy (non-hydrogen) atoms. The zero-order valence-corrected chi connectivity index (χ0v) is 12.9. The molecule has 3 nitrogen and oxygen atoms in total. The summed E-state index contributed by atoms with van der Waals surface area (Å²) in [6.45, 7) is 2.76. The smallest absolute Gasteiger partial charge is 0.136 e. The number of nitrogens with one attached hydrogen (secondary N) is 1. The van der Waals surface area contributed by atoms with E-state index in [1.807, 2.05) is 30.8 Å². The molecule has 1 heterocycles. The summed E-state index contributed by atoms with van der Waals surface area (Å²) < 4.78 is 2.94. The van der Waals surface area contributed by atoms with E-state index in [1.54, 1.807) is 0 Å². The predicted octanol–water partition coefficient (Wildman–Crippen LogP) is 3.53. The fraction of sp³-hybridized carbons (Fsp3) is 0.308. The summed E-state index contributed by atoms with van der Waals surface area (Å²) >= 11 is 9.85. The van der Waals surface area contributed by atoms with Crippen LogP contribution in [0.15, 0.2) is 22.7 Å². The van der Waals surface area contributed by atoms with Gasteiger partial charge in [-0.15, -0.1) is 0 Å². The number of aryl methyl sites for hydroxylation is 1. The molecule has 1 aromatic heterocycles. The van der Waals surface area contributed by atoms with Crippen molar-refractivity contribution in [3.63, 3.8) is 0 Å². The highest BCUT2D eigenvalue weighted by molar-refractivity contribution is 9.10. The summed E-state index contributed by atoms with van der Waals surface area (Å²) in [7, 11) is 3.82. The van der Waals surface area contributed by atoms with Gasteiger partial charge in [-0.25, -0.2) is 4.98 Å². The first-order valence-electron chi connectivity index (χ1n) is 5.66. The van der Waals surface area contributed by atoms with Gasteiger partial charge in [-0.2, -0.15) is 0 Å². The molecule has 0 bridgehead atoms. The van der Waals surface area contributed by atoms with E-state index in [0.29, 0.717) is 11.7 Å². The molecule has 0 radical (unpaired) electrons. The van der Waals surface area contributed by atoms with Crippen LogP contribution >= 0.6 is 27.5 Å². The van der Waals surface area contributed by atoms with Crippen LogP contribution in [0.25, 0.3) is 11.3 Å². The minimum absolute atomic E-state index is 0.668. The fourth-order valence-corrected chi connectivity index (χ4v) is 2.46. The highest BCUT2D eigenvalue weighted by Crippen LogP contribution is 2.31. The third-order valence-electron chi connectivity index (χ3n) is 2.91. The van der Waals surface area contributed by atoms with E-state index in [4.69, 9.17) is 11.6 Å². The molecule has 0 aliphatic rings. The molecule has 0 saturated heterocycles. The molecule has 0 aliphatic carbocycles. The highest BCUT2D eigenvalue weighted by atomic mass is 79.9. The second-order valence-corrected chi connectivity index (χ2v) is 5.49. The summed E-state index contributed by atoms with van der Waals surface area (Å²) in [6.07, 6.45) is 0. The molecule has 0 spiro atoms. The molecular weight excluding hydrogens is 314 g/mol. The Kier molecular flexibility index (Phi) is 4.10. The Labute approximate surface area is 120 Å². The third-order valence-corrected chi connectivity index (χ3v) is 3.83. The minimum atomic E-state index is 0.668. The second kappa shape index (κ2) is 5.43. The maximum absolute atomic E-state index is 6.37. The summed E-state index contributed by atoms with van der Waals surface area (Å²) in [5.74, 6) is 0.928. The average molecular weight is 329 g/mol. The Morgan fingerprint density at radius 1 is 1.44 bits per heavy atom. The van der Waals surface area contributed by atoms with Crippen LogP contribution in [0, 0.1) is 6.92 Å². The summed E-state index contributed by atoms with van der Waals surface area (Å²) in [4.78, 5) is 4.62. The molecule has 1 N–H and O–H groups in total. The Balaban J connectivity index is 2.57. The van der Waals surface area contributed by atoms with Crippen LogP contribution in [-0.2, 0) is 13.6 Å². The van der Waals surface area contributed by atoms with Crippen LogP contribution in [-0.4, -0.2) is 16.6 Å². The lowest BCUT2D eigenvalue weighted by molar-refractivity contribution is 0.710. The summed E-state index contributed by atoms with van der Waals surface area (Å²) in [5.41, 5.74) is 3.06. The van der Waals surface area contributed by atoms with Crippen LogP contribution in [0.3, 0.4) is 0 Å². The van der Waals surface area contributed by atoms with Gasteiger partial charge in [0, 0.05) is 17.1 Å². The van der Waals surface area contributed by atoms with Crippen molar-refractivity contribution in [3.8, 4) is 11.3 Å². The van der Waals surface area contributed by atoms with Crippen molar-refractivity contribution in [3.05, 3.63) is 39.2 Å². The van der Waals surface area contributed by atoms with Crippen LogP contribution in [0.4, 0.5) is 0 Å². The largest absolute Gasteiger partial charge is 0.321 e. The van der Waals surface area contributed by atoms with Crippen molar-refractivity contribution in [2.45, 2.75) is 13.5 Å². The third kappa shape index (κ3) is 2.46. The van der Waals surface area contributed by atoms with Crippen molar-refractivity contribution >= 4 is 27.5 Å². The molecule has 0 fully saturated rings. The van der Waals surface area contributed by atoms with Gasteiger partial charge in [0.15, 0.2) is 0 Å². The van der Waals surface area contributed by atoms with E-state index in [2.05, 4.69) is 39.2 Å². The normalized spacial score (nSPS) is 10.9. The average Bonchev–Trinajstić information content (AvgIpc) is 2.61. The van der Waals surface area contributed by atoms with Gasteiger partial charge in [-0.05, 0) is 31.7 Å². The van der Waals surface area contributed by atoms with Gasteiger partial charge in [-0.1, -0.05) is 33.6 Å². The zero-order chi connectivity index (χ0) is 13.3. The predicted molar refractivity (Wildman–Crippen MR) is 78.9 cm³/mol. The monoisotopic (exact) mass is 327 g/mol. The van der Waals surface area contributed by atoms with Gasteiger partial charge in [0.2, 0.25) is 0 Å². The number of benzene rings is 1. The first-order valence-corrected chi connectivity index (χ1v) is 6.84. The molecule has 1 aromatic carbocycles. The Morgan fingerprint density at radius 3 is 2.83 bits per heavy atom. The quantitative estimate of drug-likeness (QED) is 0.934.